The summed E-state index contributed by atoms with van der Waals surface area (Å²) in [5.41, 5.74) is 1.26. The van der Waals surface area contributed by atoms with Crippen LogP contribution in [-0.2, 0) is 25.5 Å². The number of unbranched alkanes of at least 4 members (excludes halogenated alkanes) is 5. The Hall–Kier alpha value is -2.16. The van der Waals surface area contributed by atoms with Crippen LogP contribution in [0.5, 0.6) is 0 Å². The largest absolute Gasteiger partial charge is 0.394 e. The molecule has 1 aliphatic heterocycles. The fraction of sp³-hybridized carbons (Fsp3) is 0.750. The molecule has 1 aromatic carbocycles. The number of amides is 2. The summed E-state index contributed by atoms with van der Waals surface area (Å²) < 4.78 is 10.9. The van der Waals surface area contributed by atoms with Gasteiger partial charge in [-0.25, -0.2) is 0 Å². The number of aryl methyl sites for hydroxylation is 1. The number of ether oxygens (including phenoxy) is 2. The number of hydrogen-bond donors (Lipinski definition) is 8. The van der Waals surface area contributed by atoms with Crippen LogP contribution < -0.4 is 10.6 Å². The van der Waals surface area contributed by atoms with Gasteiger partial charge in [0.05, 0.1) is 25.4 Å². The zero-order chi connectivity index (χ0) is 32.3. The molecule has 44 heavy (non-hydrogen) atoms. The lowest BCUT2D eigenvalue weighted by Gasteiger charge is -2.40. The number of aliphatic hydroxyl groups excluding tert-OH is 6. The molecule has 2 rings (SSSR count). The molecule has 2 amide bonds. The Morgan fingerprint density at radius 3 is 2.30 bits per heavy atom. The maximum atomic E-state index is 12.7. The van der Waals surface area contributed by atoms with E-state index in [-0.39, 0.29) is 31.1 Å². The van der Waals surface area contributed by atoms with Crippen molar-refractivity contribution in [1.82, 2.24) is 10.6 Å². The number of hydrogen-bond acceptors (Lipinski definition) is 10. The van der Waals surface area contributed by atoms with Gasteiger partial charge in [-0.1, -0.05) is 62.9 Å². The maximum Gasteiger partial charge on any atom is 0.220 e. The van der Waals surface area contributed by atoms with Crippen LogP contribution in [0, 0.1) is 0 Å². The van der Waals surface area contributed by atoms with E-state index >= 15 is 0 Å². The molecular formula is C32H54N2O10. The molecular weight excluding hydrogens is 572 g/mol. The fourth-order valence-corrected chi connectivity index (χ4v) is 5.12. The van der Waals surface area contributed by atoms with Gasteiger partial charge in [0.2, 0.25) is 11.8 Å². The third-order valence-electron chi connectivity index (χ3n) is 7.91. The van der Waals surface area contributed by atoms with Gasteiger partial charge >= 0.3 is 0 Å². The molecule has 0 saturated carbocycles. The predicted octanol–water partition coefficient (Wildman–Crippen LogP) is 0.679. The molecule has 1 saturated heterocycles. The molecule has 0 spiro atoms. The lowest BCUT2D eigenvalue weighted by molar-refractivity contribution is -0.303. The fourth-order valence-electron chi connectivity index (χ4n) is 5.12. The SMILES string of the molecule is CCCCCCCC(=O)N[C@@H](CO[C@H]1OC(CO)[C@H](O)C(O)[C@@H]1O)[C@H](O)[C@H](O)CCCC(=O)NCCCCc1ccccc1. The van der Waals surface area contributed by atoms with Crippen molar-refractivity contribution in [3.05, 3.63) is 35.9 Å². The van der Waals surface area contributed by atoms with Gasteiger partial charge in [-0.05, 0) is 44.1 Å². The highest BCUT2D eigenvalue weighted by atomic mass is 16.7. The Morgan fingerprint density at radius 2 is 1.59 bits per heavy atom. The summed E-state index contributed by atoms with van der Waals surface area (Å²) in [5, 5.41) is 67.0. The minimum absolute atomic E-state index is 0.0893. The normalized spacial score (nSPS) is 23.9. The third-order valence-corrected chi connectivity index (χ3v) is 7.91. The first-order valence-corrected chi connectivity index (χ1v) is 16.1. The van der Waals surface area contributed by atoms with Crippen LogP contribution in [0.1, 0.15) is 83.1 Å². The van der Waals surface area contributed by atoms with Crippen molar-refractivity contribution in [2.24, 2.45) is 0 Å². The summed E-state index contributed by atoms with van der Waals surface area (Å²) in [6.45, 7) is 1.62. The third kappa shape index (κ3) is 13.9. The summed E-state index contributed by atoms with van der Waals surface area (Å²) in [5.74, 6) is -0.493. The molecule has 1 aliphatic rings. The van der Waals surface area contributed by atoms with Gasteiger partial charge in [0, 0.05) is 19.4 Å². The van der Waals surface area contributed by atoms with Crippen LogP contribution in [0.15, 0.2) is 30.3 Å². The maximum absolute atomic E-state index is 12.7. The van der Waals surface area contributed by atoms with E-state index in [2.05, 4.69) is 29.7 Å². The molecule has 8 N–H and O–H groups in total. The summed E-state index contributed by atoms with van der Waals surface area (Å²) in [6.07, 6.45) is -2.04. The summed E-state index contributed by atoms with van der Waals surface area (Å²) in [4.78, 5) is 24.9. The van der Waals surface area contributed by atoms with Crippen molar-refractivity contribution >= 4 is 11.8 Å². The lowest BCUT2D eigenvalue weighted by Crippen LogP contribution is -2.60. The number of benzene rings is 1. The van der Waals surface area contributed by atoms with Gasteiger partial charge in [0.25, 0.3) is 0 Å². The van der Waals surface area contributed by atoms with Crippen molar-refractivity contribution in [3.63, 3.8) is 0 Å². The van der Waals surface area contributed by atoms with Gasteiger partial charge in [-0.3, -0.25) is 9.59 Å². The molecule has 1 aromatic rings. The van der Waals surface area contributed by atoms with Crippen molar-refractivity contribution in [2.75, 3.05) is 19.8 Å². The minimum atomic E-state index is -1.65. The average Bonchev–Trinajstić information content (AvgIpc) is 3.02. The average molecular weight is 627 g/mol. The Balaban J connectivity index is 1.83. The second kappa shape index (κ2) is 21.6. The Labute approximate surface area is 260 Å². The number of rotatable bonds is 22. The molecule has 0 radical (unpaired) electrons. The van der Waals surface area contributed by atoms with Gasteiger partial charge in [0.15, 0.2) is 6.29 Å². The first kappa shape index (κ1) is 38.0. The second-order valence-electron chi connectivity index (χ2n) is 11.6. The monoisotopic (exact) mass is 626 g/mol. The van der Waals surface area contributed by atoms with Crippen molar-refractivity contribution < 1.29 is 49.7 Å². The number of carbonyl (C=O) groups excluding carboxylic acids is 2. The first-order chi connectivity index (χ1) is 21.2. The lowest BCUT2D eigenvalue weighted by atomic mass is 9.99. The molecule has 12 heteroatoms. The highest BCUT2D eigenvalue weighted by molar-refractivity contribution is 5.76. The number of carbonyl (C=O) groups is 2. The van der Waals surface area contributed by atoms with Crippen LogP contribution in [0.25, 0.3) is 0 Å². The standard InChI is InChI=1S/C32H54N2O10/c1-2-3-4-5-9-17-27(38)34-23(21-43-32-31(42)30(41)29(40)25(20-35)44-32)28(39)24(36)16-12-18-26(37)33-19-11-10-15-22-13-7-6-8-14-22/h6-8,13-14,23-25,28-32,35-36,39-42H,2-5,9-12,15-21H2,1H3,(H,33,37)(H,34,38)/t23-,24+,25?,28-,29-,30?,31-,32-/m0/s1. The molecule has 8 atom stereocenters. The van der Waals surface area contributed by atoms with Gasteiger partial charge in [-0.15, -0.1) is 0 Å². The van der Waals surface area contributed by atoms with Crippen LogP contribution in [0.2, 0.25) is 0 Å². The zero-order valence-corrected chi connectivity index (χ0v) is 25.9. The molecule has 2 unspecified atom stereocenters. The molecule has 0 aromatic heterocycles. The van der Waals surface area contributed by atoms with Crippen LogP contribution in [0.3, 0.4) is 0 Å². The molecule has 0 bridgehead atoms. The topological polar surface area (TPSA) is 198 Å². The van der Waals surface area contributed by atoms with E-state index in [1.165, 1.54) is 5.56 Å². The predicted molar refractivity (Wildman–Crippen MR) is 163 cm³/mol. The Kier molecular flexibility index (Phi) is 18.6. The van der Waals surface area contributed by atoms with E-state index in [0.717, 1.165) is 44.9 Å². The van der Waals surface area contributed by atoms with Crippen LogP contribution >= 0.6 is 0 Å². The van der Waals surface area contributed by atoms with Crippen LogP contribution in [-0.4, -0.2) is 111 Å². The van der Waals surface area contributed by atoms with E-state index in [4.69, 9.17) is 9.47 Å². The highest BCUT2D eigenvalue weighted by Gasteiger charge is 2.44. The first-order valence-electron chi connectivity index (χ1n) is 16.1. The summed E-state index contributed by atoms with van der Waals surface area (Å²) >= 11 is 0. The van der Waals surface area contributed by atoms with Gasteiger partial charge in [-0.2, -0.15) is 0 Å². The summed E-state index contributed by atoms with van der Waals surface area (Å²) in [7, 11) is 0. The number of nitrogens with one attached hydrogen (secondary N) is 2. The minimum Gasteiger partial charge on any atom is -0.394 e. The van der Waals surface area contributed by atoms with Gasteiger partial charge in [0.1, 0.15) is 30.5 Å². The quantitative estimate of drug-likeness (QED) is 0.0847. The van der Waals surface area contributed by atoms with Crippen molar-refractivity contribution in [3.8, 4) is 0 Å². The van der Waals surface area contributed by atoms with E-state index in [1.807, 2.05) is 18.2 Å². The van der Waals surface area contributed by atoms with E-state index < -0.39 is 62.2 Å². The molecule has 1 heterocycles. The summed E-state index contributed by atoms with van der Waals surface area (Å²) in [6, 6.07) is 9.03. The van der Waals surface area contributed by atoms with Crippen LogP contribution in [0.4, 0.5) is 0 Å². The van der Waals surface area contributed by atoms with E-state index in [9.17, 15) is 40.2 Å². The smallest absolute Gasteiger partial charge is 0.220 e. The molecule has 12 nitrogen and oxygen atoms in total. The van der Waals surface area contributed by atoms with E-state index in [1.54, 1.807) is 0 Å². The molecule has 252 valence electrons. The van der Waals surface area contributed by atoms with E-state index in [0.29, 0.717) is 19.4 Å². The Morgan fingerprint density at radius 1 is 0.886 bits per heavy atom. The van der Waals surface area contributed by atoms with Gasteiger partial charge < -0.3 is 50.7 Å². The Bertz CT molecular complexity index is 922. The zero-order valence-electron chi connectivity index (χ0n) is 25.9. The molecule has 0 aliphatic carbocycles. The van der Waals surface area contributed by atoms with Crippen molar-refractivity contribution in [1.29, 1.82) is 0 Å². The molecule has 1 fully saturated rings. The van der Waals surface area contributed by atoms with Crippen molar-refractivity contribution in [2.45, 2.75) is 133 Å². The number of aliphatic hydroxyl groups is 6. The highest BCUT2D eigenvalue weighted by Crippen LogP contribution is 2.22. The second-order valence-corrected chi connectivity index (χ2v) is 11.6.